The van der Waals surface area contributed by atoms with Crippen molar-refractivity contribution in [2.45, 2.75) is 26.4 Å². The molecule has 0 unspecified atom stereocenters. The largest absolute Gasteiger partial charge is 0.331 e. The Morgan fingerprint density at radius 2 is 1.97 bits per heavy atom. The molecule has 0 saturated carbocycles. The molecule has 5 rings (SSSR count). The van der Waals surface area contributed by atoms with Crippen molar-refractivity contribution >= 4 is 5.91 Å². The van der Waals surface area contributed by atoms with Gasteiger partial charge in [0.15, 0.2) is 0 Å². The van der Waals surface area contributed by atoms with Crippen LogP contribution in [0.5, 0.6) is 0 Å². The van der Waals surface area contributed by atoms with E-state index in [1.807, 2.05) is 31.5 Å². The Hall–Kier alpha value is -2.99. The number of H-pyrrole nitrogens is 1. The van der Waals surface area contributed by atoms with Gasteiger partial charge in [-0.15, -0.1) is 0 Å². The first-order valence-electron chi connectivity index (χ1n) is 10.6. The van der Waals surface area contributed by atoms with Crippen molar-refractivity contribution in [3.8, 4) is 0 Å². The van der Waals surface area contributed by atoms with E-state index in [2.05, 4.69) is 56.2 Å². The first kappa shape index (κ1) is 19.0. The quantitative estimate of drug-likeness (QED) is 0.728. The minimum absolute atomic E-state index is 0.0894. The highest BCUT2D eigenvalue weighted by Gasteiger charge is 2.49. The van der Waals surface area contributed by atoms with Gasteiger partial charge in [-0.1, -0.05) is 24.3 Å². The number of carbonyl (C=O) groups is 1. The Bertz CT molecular complexity index is 1030. The standard InChI is InChI=1S/C24H27N5O/c1-16-5-3-4-6-21(16)23-22-15-28(12-18-9-26-27-10-18)13-20(22)14-29(23)24(30)19-8-7-17(2)25-11-19/h3-11,20,22-23H,12-15H2,1-2H3,(H,26,27)/t20-,22-,23+/m0/s1. The second-order valence-electron chi connectivity index (χ2n) is 8.67. The number of rotatable bonds is 4. The van der Waals surface area contributed by atoms with Crippen molar-refractivity contribution in [1.29, 1.82) is 0 Å². The first-order valence-corrected chi connectivity index (χ1v) is 10.6. The number of nitrogens with zero attached hydrogens (tertiary/aromatic N) is 4. The van der Waals surface area contributed by atoms with Gasteiger partial charge < -0.3 is 4.90 Å². The smallest absolute Gasteiger partial charge is 0.255 e. The summed E-state index contributed by atoms with van der Waals surface area (Å²) in [4.78, 5) is 22.4. The zero-order valence-corrected chi connectivity index (χ0v) is 17.5. The molecule has 3 aromatic rings. The zero-order chi connectivity index (χ0) is 20.7. The van der Waals surface area contributed by atoms with E-state index in [0.717, 1.165) is 31.9 Å². The molecule has 0 radical (unpaired) electrons. The number of hydrogen-bond acceptors (Lipinski definition) is 4. The Balaban J connectivity index is 1.44. The molecule has 3 atom stereocenters. The first-order chi connectivity index (χ1) is 14.6. The van der Waals surface area contributed by atoms with Crippen molar-refractivity contribution in [1.82, 2.24) is 25.0 Å². The summed E-state index contributed by atoms with van der Waals surface area (Å²) in [5.41, 5.74) is 5.32. The van der Waals surface area contributed by atoms with Crippen molar-refractivity contribution in [2.24, 2.45) is 11.8 Å². The van der Waals surface area contributed by atoms with E-state index in [1.54, 1.807) is 6.20 Å². The van der Waals surface area contributed by atoms with Crippen LogP contribution in [0.4, 0.5) is 0 Å². The minimum atomic E-state index is 0.0894. The van der Waals surface area contributed by atoms with Gasteiger partial charge in [0.05, 0.1) is 17.8 Å². The summed E-state index contributed by atoms with van der Waals surface area (Å²) in [5, 5.41) is 6.98. The molecule has 30 heavy (non-hydrogen) atoms. The van der Waals surface area contributed by atoms with E-state index in [1.165, 1.54) is 16.7 Å². The number of hydrogen-bond donors (Lipinski definition) is 1. The molecule has 1 aromatic carbocycles. The lowest BCUT2D eigenvalue weighted by Gasteiger charge is -2.31. The molecule has 1 N–H and O–H groups in total. The van der Waals surface area contributed by atoms with Gasteiger partial charge in [-0.25, -0.2) is 0 Å². The van der Waals surface area contributed by atoms with Gasteiger partial charge in [-0.2, -0.15) is 5.10 Å². The Labute approximate surface area is 176 Å². The minimum Gasteiger partial charge on any atom is -0.331 e. The number of pyridine rings is 1. The lowest BCUT2D eigenvalue weighted by molar-refractivity contribution is 0.0699. The highest BCUT2D eigenvalue weighted by atomic mass is 16.2. The number of nitrogens with one attached hydrogen (secondary N) is 1. The molecule has 2 aliphatic rings. The molecule has 2 saturated heterocycles. The number of fused-ring (bicyclic) bond motifs is 1. The molecule has 4 heterocycles. The van der Waals surface area contributed by atoms with E-state index in [-0.39, 0.29) is 11.9 Å². The third-order valence-electron chi connectivity index (χ3n) is 6.63. The summed E-state index contributed by atoms with van der Waals surface area (Å²) < 4.78 is 0. The summed E-state index contributed by atoms with van der Waals surface area (Å²) in [6, 6.07) is 12.4. The number of benzene rings is 1. The highest BCUT2D eigenvalue weighted by molar-refractivity contribution is 5.94. The molecule has 154 valence electrons. The summed E-state index contributed by atoms with van der Waals surface area (Å²) in [5.74, 6) is 0.996. The predicted molar refractivity (Wildman–Crippen MR) is 115 cm³/mol. The van der Waals surface area contributed by atoms with Gasteiger partial charge in [0, 0.05) is 55.7 Å². The summed E-state index contributed by atoms with van der Waals surface area (Å²) >= 11 is 0. The summed E-state index contributed by atoms with van der Waals surface area (Å²) in [7, 11) is 0. The molecule has 2 aliphatic heterocycles. The van der Waals surface area contributed by atoms with E-state index < -0.39 is 0 Å². The molecule has 1 amide bonds. The topological polar surface area (TPSA) is 65.1 Å². The van der Waals surface area contributed by atoms with Crippen LogP contribution in [0.2, 0.25) is 0 Å². The maximum Gasteiger partial charge on any atom is 0.255 e. The van der Waals surface area contributed by atoms with Crippen LogP contribution in [0.15, 0.2) is 55.0 Å². The van der Waals surface area contributed by atoms with Crippen LogP contribution in [0.25, 0.3) is 0 Å². The van der Waals surface area contributed by atoms with Crippen LogP contribution in [0.3, 0.4) is 0 Å². The fourth-order valence-electron chi connectivity index (χ4n) is 5.17. The van der Waals surface area contributed by atoms with Gasteiger partial charge in [-0.3, -0.25) is 19.8 Å². The molecule has 2 aromatic heterocycles. The normalized spacial score (nSPS) is 23.7. The molecular weight excluding hydrogens is 374 g/mol. The number of aryl methyl sites for hydroxylation is 2. The highest BCUT2D eigenvalue weighted by Crippen LogP contribution is 2.46. The van der Waals surface area contributed by atoms with Gasteiger partial charge in [0.1, 0.15) is 0 Å². The van der Waals surface area contributed by atoms with E-state index in [4.69, 9.17) is 0 Å². The molecule has 0 spiro atoms. The van der Waals surface area contributed by atoms with Crippen molar-refractivity contribution in [3.05, 3.63) is 82.9 Å². The Morgan fingerprint density at radius 3 is 2.70 bits per heavy atom. The van der Waals surface area contributed by atoms with Crippen molar-refractivity contribution in [3.63, 3.8) is 0 Å². The number of likely N-dealkylation sites (tertiary alicyclic amines) is 2. The van der Waals surface area contributed by atoms with Crippen LogP contribution < -0.4 is 0 Å². The van der Waals surface area contributed by atoms with Crippen LogP contribution in [-0.2, 0) is 6.54 Å². The van der Waals surface area contributed by atoms with Gasteiger partial charge >= 0.3 is 0 Å². The molecule has 0 aliphatic carbocycles. The number of aromatic amines is 1. The van der Waals surface area contributed by atoms with Crippen LogP contribution in [0, 0.1) is 25.7 Å². The summed E-state index contributed by atoms with van der Waals surface area (Å²) in [6.07, 6.45) is 5.58. The monoisotopic (exact) mass is 401 g/mol. The molecule has 0 bridgehead atoms. The van der Waals surface area contributed by atoms with Gasteiger partial charge in [0.2, 0.25) is 0 Å². The van der Waals surface area contributed by atoms with Crippen molar-refractivity contribution in [2.75, 3.05) is 19.6 Å². The lowest BCUT2D eigenvalue weighted by atomic mass is 9.87. The fourth-order valence-corrected chi connectivity index (χ4v) is 5.17. The predicted octanol–water partition coefficient (Wildman–Crippen LogP) is 3.37. The van der Waals surface area contributed by atoms with E-state index in [9.17, 15) is 4.79 Å². The van der Waals surface area contributed by atoms with Crippen molar-refractivity contribution < 1.29 is 4.79 Å². The number of amides is 1. The van der Waals surface area contributed by atoms with E-state index >= 15 is 0 Å². The second kappa shape index (κ2) is 7.69. The zero-order valence-electron chi connectivity index (χ0n) is 17.5. The number of carbonyl (C=O) groups excluding carboxylic acids is 1. The maximum atomic E-state index is 13.5. The maximum absolute atomic E-state index is 13.5. The average molecular weight is 402 g/mol. The third-order valence-corrected chi connectivity index (χ3v) is 6.63. The molecular formula is C24H27N5O. The Morgan fingerprint density at radius 1 is 1.10 bits per heavy atom. The second-order valence-corrected chi connectivity index (χ2v) is 8.67. The SMILES string of the molecule is Cc1ccc(C(=O)N2C[C@@H]3CN(Cc4cn[nH]c4)C[C@@H]3[C@H]2c2ccccc2C)cn1. The van der Waals surface area contributed by atoms with Gasteiger partial charge in [0.25, 0.3) is 5.91 Å². The molecule has 2 fully saturated rings. The van der Waals surface area contributed by atoms with Crippen LogP contribution in [0.1, 0.15) is 38.8 Å². The fraction of sp³-hybridized carbons (Fsp3) is 0.375. The van der Waals surface area contributed by atoms with Gasteiger partial charge in [-0.05, 0) is 43.0 Å². The van der Waals surface area contributed by atoms with E-state index in [0.29, 0.717) is 17.4 Å². The number of aromatic nitrogens is 3. The Kier molecular flexibility index (Phi) is 4.87. The summed E-state index contributed by atoms with van der Waals surface area (Å²) in [6.45, 7) is 7.78. The third kappa shape index (κ3) is 3.41. The lowest BCUT2D eigenvalue weighted by Crippen LogP contribution is -2.36. The molecule has 6 nitrogen and oxygen atoms in total. The average Bonchev–Trinajstić information content (AvgIpc) is 3.45. The van der Waals surface area contributed by atoms with Crippen LogP contribution in [-0.4, -0.2) is 50.5 Å². The van der Waals surface area contributed by atoms with Crippen LogP contribution >= 0.6 is 0 Å². The molecule has 6 heteroatoms.